The van der Waals surface area contributed by atoms with E-state index < -0.39 is 10.0 Å². The smallest absolute Gasteiger partial charge is 0.212 e. The number of benzene rings is 1. The minimum atomic E-state index is -3.16. The van der Waals surface area contributed by atoms with Crippen LogP contribution in [0.5, 0.6) is 11.5 Å². The van der Waals surface area contributed by atoms with E-state index in [4.69, 9.17) is 9.47 Å². The number of nitrogens with one attached hydrogen (secondary N) is 2. The molecule has 6 nitrogen and oxygen atoms in total. The van der Waals surface area contributed by atoms with E-state index in [1.165, 1.54) is 7.05 Å². The summed E-state index contributed by atoms with van der Waals surface area (Å²) in [5, 5.41) is 3.09. The maximum atomic E-state index is 11.2. The van der Waals surface area contributed by atoms with Crippen LogP contribution >= 0.6 is 0 Å². The Morgan fingerprint density at radius 2 is 2.05 bits per heavy atom. The normalized spacial score (nSPS) is 14.4. The van der Waals surface area contributed by atoms with Gasteiger partial charge in [0.15, 0.2) is 11.5 Å². The van der Waals surface area contributed by atoms with Crippen molar-refractivity contribution in [2.45, 2.75) is 6.54 Å². The number of rotatable bonds is 6. The first-order valence-corrected chi connectivity index (χ1v) is 7.77. The standard InChI is InChI=1S/C12H18N2O4S/c1-13-19(15,16)8-5-14-9-10-3-2-4-11-12(10)18-7-6-17-11/h2-4,13-14H,5-9H2,1H3. The van der Waals surface area contributed by atoms with Gasteiger partial charge in [-0.15, -0.1) is 0 Å². The van der Waals surface area contributed by atoms with Gasteiger partial charge in [0, 0.05) is 18.7 Å². The van der Waals surface area contributed by atoms with Crippen molar-refractivity contribution in [2.75, 3.05) is 32.6 Å². The van der Waals surface area contributed by atoms with Gasteiger partial charge < -0.3 is 14.8 Å². The lowest BCUT2D eigenvalue weighted by Crippen LogP contribution is -2.29. The zero-order valence-electron chi connectivity index (χ0n) is 10.8. The zero-order chi connectivity index (χ0) is 13.7. The molecule has 1 heterocycles. The quantitative estimate of drug-likeness (QED) is 0.725. The first-order chi connectivity index (χ1) is 9.12. The fourth-order valence-electron chi connectivity index (χ4n) is 1.80. The third-order valence-corrected chi connectivity index (χ3v) is 4.19. The molecule has 0 bridgehead atoms. The molecule has 0 saturated heterocycles. The highest BCUT2D eigenvalue weighted by molar-refractivity contribution is 7.89. The molecule has 2 rings (SSSR count). The molecule has 19 heavy (non-hydrogen) atoms. The Morgan fingerprint density at radius 3 is 2.84 bits per heavy atom. The lowest BCUT2D eigenvalue weighted by Gasteiger charge is -2.21. The minimum absolute atomic E-state index is 0.0515. The van der Waals surface area contributed by atoms with Crippen molar-refractivity contribution < 1.29 is 17.9 Å². The molecule has 0 unspecified atom stereocenters. The summed E-state index contributed by atoms with van der Waals surface area (Å²) in [5.74, 6) is 1.54. The van der Waals surface area contributed by atoms with Crippen LogP contribution in [-0.2, 0) is 16.6 Å². The third-order valence-electron chi connectivity index (χ3n) is 2.82. The average Bonchev–Trinajstić information content (AvgIpc) is 2.44. The molecule has 106 valence electrons. The van der Waals surface area contributed by atoms with Crippen molar-refractivity contribution in [2.24, 2.45) is 0 Å². The second kappa shape index (κ2) is 6.23. The summed E-state index contributed by atoms with van der Waals surface area (Å²) in [7, 11) is -1.75. The highest BCUT2D eigenvalue weighted by atomic mass is 32.2. The number of sulfonamides is 1. The van der Waals surface area contributed by atoms with E-state index in [0.717, 1.165) is 17.1 Å². The van der Waals surface area contributed by atoms with E-state index in [9.17, 15) is 8.42 Å². The molecule has 0 saturated carbocycles. The number of fused-ring (bicyclic) bond motifs is 1. The van der Waals surface area contributed by atoms with Crippen LogP contribution in [0.4, 0.5) is 0 Å². The van der Waals surface area contributed by atoms with Gasteiger partial charge in [0.1, 0.15) is 13.2 Å². The summed E-state index contributed by atoms with van der Waals surface area (Å²) in [4.78, 5) is 0. The molecule has 0 aromatic heterocycles. The van der Waals surface area contributed by atoms with Gasteiger partial charge in [-0.1, -0.05) is 12.1 Å². The van der Waals surface area contributed by atoms with E-state index in [0.29, 0.717) is 26.3 Å². The Morgan fingerprint density at radius 1 is 1.26 bits per heavy atom. The molecular formula is C12H18N2O4S. The predicted octanol–water partition coefficient (Wildman–Crippen LogP) is 0.0966. The summed E-state index contributed by atoms with van der Waals surface area (Å²) < 4.78 is 35.8. The van der Waals surface area contributed by atoms with Crippen LogP contribution in [0, 0.1) is 0 Å². The molecule has 0 spiro atoms. The fraction of sp³-hybridized carbons (Fsp3) is 0.500. The molecule has 7 heteroatoms. The maximum absolute atomic E-state index is 11.2. The van der Waals surface area contributed by atoms with Crippen molar-refractivity contribution in [3.05, 3.63) is 23.8 Å². The van der Waals surface area contributed by atoms with Crippen molar-refractivity contribution in [1.29, 1.82) is 0 Å². The van der Waals surface area contributed by atoms with E-state index in [1.807, 2.05) is 18.2 Å². The van der Waals surface area contributed by atoms with Crippen molar-refractivity contribution in [3.63, 3.8) is 0 Å². The SMILES string of the molecule is CNS(=O)(=O)CCNCc1cccc2c1OCCO2. The molecule has 2 N–H and O–H groups in total. The highest BCUT2D eigenvalue weighted by Gasteiger charge is 2.15. The van der Waals surface area contributed by atoms with Crippen LogP contribution < -0.4 is 19.5 Å². The molecule has 1 aromatic carbocycles. The van der Waals surface area contributed by atoms with E-state index in [2.05, 4.69) is 10.0 Å². The summed E-state index contributed by atoms with van der Waals surface area (Å²) >= 11 is 0. The second-order valence-corrected chi connectivity index (χ2v) is 6.19. The van der Waals surface area contributed by atoms with Gasteiger partial charge in [-0.2, -0.15) is 0 Å². The molecule has 0 radical (unpaired) electrons. The van der Waals surface area contributed by atoms with E-state index in [-0.39, 0.29) is 5.75 Å². The van der Waals surface area contributed by atoms with E-state index >= 15 is 0 Å². The Kier molecular flexibility index (Phi) is 4.62. The zero-order valence-corrected chi connectivity index (χ0v) is 11.6. The van der Waals surface area contributed by atoms with Crippen molar-refractivity contribution in [3.8, 4) is 11.5 Å². The van der Waals surface area contributed by atoms with Gasteiger partial charge in [0.05, 0.1) is 5.75 Å². The molecule has 0 aliphatic carbocycles. The molecule has 0 fully saturated rings. The van der Waals surface area contributed by atoms with Crippen LogP contribution in [0.2, 0.25) is 0 Å². The highest BCUT2D eigenvalue weighted by Crippen LogP contribution is 2.33. The molecule has 1 aromatic rings. The summed E-state index contributed by atoms with van der Waals surface area (Å²) in [6.45, 7) is 2.03. The monoisotopic (exact) mass is 286 g/mol. The van der Waals surface area contributed by atoms with Gasteiger partial charge in [0.2, 0.25) is 10.0 Å². The van der Waals surface area contributed by atoms with Gasteiger partial charge in [0.25, 0.3) is 0 Å². The van der Waals surface area contributed by atoms with Gasteiger partial charge >= 0.3 is 0 Å². The molecular weight excluding hydrogens is 268 g/mol. The summed E-state index contributed by atoms with van der Waals surface area (Å²) in [6.07, 6.45) is 0. The average molecular weight is 286 g/mol. The van der Waals surface area contributed by atoms with Gasteiger partial charge in [-0.25, -0.2) is 13.1 Å². The predicted molar refractivity (Wildman–Crippen MR) is 72.0 cm³/mol. The molecule has 0 amide bonds. The van der Waals surface area contributed by atoms with E-state index in [1.54, 1.807) is 0 Å². The lowest BCUT2D eigenvalue weighted by atomic mass is 10.1. The number of hydrogen-bond donors (Lipinski definition) is 2. The lowest BCUT2D eigenvalue weighted by molar-refractivity contribution is 0.169. The Labute approximate surface area is 113 Å². The van der Waals surface area contributed by atoms with Gasteiger partial charge in [-0.05, 0) is 13.1 Å². The summed E-state index contributed by atoms with van der Waals surface area (Å²) in [5.41, 5.74) is 0.971. The largest absolute Gasteiger partial charge is 0.486 e. The Hall–Kier alpha value is -1.31. The van der Waals surface area contributed by atoms with Crippen LogP contribution in [0.25, 0.3) is 0 Å². The second-order valence-electron chi connectivity index (χ2n) is 4.14. The van der Waals surface area contributed by atoms with Crippen molar-refractivity contribution >= 4 is 10.0 Å². The topological polar surface area (TPSA) is 76.7 Å². The van der Waals surface area contributed by atoms with Crippen molar-refractivity contribution in [1.82, 2.24) is 10.0 Å². The Bertz CT molecular complexity index is 531. The first kappa shape index (κ1) is 14.1. The van der Waals surface area contributed by atoms with Crippen LogP contribution in [0.1, 0.15) is 5.56 Å². The first-order valence-electron chi connectivity index (χ1n) is 6.12. The molecule has 1 aliphatic heterocycles. The van der Waals surface area contributed by atoms with Gasteiger partial charge in [-0.3, -0.25) is 0 Å². The summed E-state index contributed by atoms with van der Waals surface area (Å²) in [6, 6.07) is 5.70. The number of ether oxygens (including phenoxy) is 2. The third kappa shape index (κ3) is 3.82. The maximum Gasteiger partial charge on any atom is 0.212 e. The Balaban J connectivity index is 1.90. The molecule has 0 atom stereocenters. The molecule has 1 aliphatic rings. The fourth-order valence-corrected chi connectivity index (χ4v) is 2.42. The van der Waals surface area contributed by atoms with Crippen LogP contribution in [0.3, 0.4) is 0 Å². The number of hydrogen-bond acceptors (Lipinski definition) is 5. The van der Waals surface area contributed by atoms with Crippen LogP contribution in [0.15, 0.2) is 18.2 Å². The minimum Gasteiger partial charge on any atom is -0.486 e. The number of para-hydroxylation sites is 1. The van der Waals surface area contributed by atoms with Crippen LogP contribution in [-0.4, -0.2) is 41.0 Å².